The van der Waals surface area contributed by atoms with Crippen LogP contribution in [0.15, 0.2) is 60.4 Å². The van der Waals surface area contributed by atoms with E-state index in [1.54, 1.807) is 18.6 Å². The Bertz CT molecular complexity index is 790. The maximum absolute atomic E-state index is 12.3. The molecule has 2 amide bonds. The van der Waals surface area contributed by atoms with Gasteiger partial charge in [-0.05, 0) is 23.6 Å². The van der Waals surface area contributed by atoms with Gasteiger partial charge in [0.1, 0.15) is 11.0 Å². The number of carbonyl (C=O) groups excluding carboxylic acids is 1. The second-order valence-electron chi connectivity index (χ2n) is 5.41. The molecule has 1 unspecified atom stereocenters. The number of carbonyl (C=O) groups is 1. The molecule has 0 spiro atoms. The molecule has 5 nitrogen and oxygen atoms in total. The number of urea groups is 1. The van der Waals surface area contributed by atoms with E-state index in [0.717, 1.165) is 21.7 Å². The monoisotopic (exact) mass is 338 g/mol. The molecule has 0 aliphatic carbocycles. The van der Waals surface area contributed by atoms with E-state index < -0.39 is 0 Å². The van der Waals surface area contributed by atoms with E-state index in [2.05, 4.69) is 20.6 Å². The molecular weight excluding hydrogens is 320 g/mol. The van der Waals surface area contributed by atoms with Crippen LogP contribution in [-0.4, -0.2) is 16.0 Å². The second kappa shape index (κ2) is 7.70. The van der Waals surface area contributed by atoms with Crippen LogP contribution in [0.2, 0.25) is 0 Å². The number of hydrogen-bond acceptors (Lipinski definition) is 4. The van der Waals surface area contributed by atoms with Crippen molar-refractivity contribution in [3.8, 4) is 0 Å². The molecule has 6 heteroatoms. The van der Waals surface area contributed by atoms with E-state index >= 15 is 0 Å². The largest absolute Gasteiger partial charge is 0.334 e. The van der Waals surface area contributed by atoms with Crippen molar-refractivity contribution < 1.29 is 4.79 Å². The number of benzene rings is 1. The molecule has 0 aliphatic rings. The van der Waals surface area contributed by atoms with Gasteiger partial charge in [0.05, 0.1) is 0 Å². The predicted octanol–water partition coefficient (Wildman–Crippen LogP) is 3.44. The fraction of sp³-hybridized carbons (Fsp3) is 0.167. The minimum atomic E-state index is -0.262. The van der Waals surface area contributed by atoms with Gasteiger partial charge < -0.3 is 10.6 Å². The zero-order valence-electron chi connectivity index (χ0n) is 13.3. The number of nitrogens with zero attached hydrogens (tertiary/aromatic N) is 2. The highest BCUT2D eigenvalue weighted by Crippen LogP contribution is 2.23. The molecule has 0 radical (unpaired) electrons. The Labute approximate surface area is 144 Å². The van der Waals surface area contributed by atoms with Gasteiger partial charge in [-0.25, -0.2) is 9.78 Å². The van der Waals surface area contributed by atoms with Gasteiger partial charge in [0.25, 0.3) is 0 Å². The van der Waals surface area contributed by atoms with E-state index in [4.69, 9.17) is 0 Å². The first-order valence-corrected chi connectivity index (χ1v) is 8.49. The summed E-state index contributed by atoms with van der Waals surface area (Å²) < 4.78 is 0. The molecule has 2 aromatic heterocycles. The average Bonchev–Trinajstić information content (AvgIpc) is 3.13. The molecule has 1 atom stereocenters. The Hall–Kier alpha value is -2.73. The Kier molecular flexibility index (Phi) is 5.18. The van der Waals surface area contributed by atoms with Gasteiger partial charge in [-0.1, -0.05) is 36.4 Å². The molecule has 0 saturated carbocycles. The van der Waals surface area contributed by atoms with E-state index in [-0.39, 0.29) is 12.1 Å². The standard InChI is InChI=1S/C18H18N4OS/c1-13-9-14(11-19-10-13)12-21-18(23)22-16(17-20-7-8-24-17)15-5-3-2-4-6-15/h2-11,16H,12H2,1H3,(H2,21,22,23). The van der Waals surface area contributed by atoms with Crippen molar-refractivity contribution in [2.75, 3.05) is 0 Å². The minimum absolute atomic E-state index is 0.236. The van der Waals surface area contributed by atoms with Gasteiger partial charge in [-0.15, -0.1) is 11.3 Å². The Morgan fingerprint density at radius 3 is 2.79 bits per heavy atom. The summed E-state index contributed by atoms with van der Waals surface area (Å²) in [5, 5.41) is 8.63. The van der Waals surface area contributed by atoms with Gasteiger partial charge in [0, 0.05) is 30.5 Å². The van der Waals surface area contributed by atoms with Crippen LogP contribution in [0.25, 0.3) is 0 Å². The van der Waals surface area contributed by atoms with E-state index in [1.807, 2.05) is 48.7 Å². The minimum Gasteiger partial charge on any atom is -0.334 e. The molecule has 0 aliphatic heterocycles. The summed E-state index contributed by atoms with van der Waals surface area (Å²) in [7, 11) is 0. The molecule has 0 bridgehead atoms. The normalized spacial score (nSPS) is 11.7. The molecular formula is C18H18N4OS. The Balaban J connectivity index is 1.68. The molecule has 2 N–H and O–H groups in total. The number of aryl methyl sites for hydroxylation is 1. The Morgan fingerprint density at radius 2 is 2.08 bits per heavy atom. The van der Waals surface area contributed by atoms with Crippen molar-refractivity contribution in [3.05, 3.63) is 82.1 Å². The first-order valence-electron chi connectivity index (χ1n) is 7.61. The van der Waals surface area contributed by atoms with Crippen LogP contribution in [0.3, 0.4) is 0 Å². The fourth-order valence-corrected chi connectivity index (χ4v) is 3.10. The van der Waals surface area contributed by atoms with Crippen molar-refractivity contribution >= 4 is 17.4 Å². The molecule has 0 saturated heterocycles. The van der Waals surface area contributed by atoms with Crippen LogP contribution >= 0.6 is 11.3 Å². The molecule has 3 aromatic rings. The highest BCUT2D eigenvalue weighted by atomic mass is 32.1. The van der Waals surface area contributed by atoms with Gasteiger partial charge in [-0.2, -0.15) is 0 Å². The maximum Gasteiger partial charge on any atom is 0.315 e. The third-order valence-corrected chi connectivity index (χ3v) is 4.33. The topological polar surface area (TPSA) is 66.9 Å². The van der Waals surface area contributed by atoms with Crippen LogP contribution in [-0.2, 0) is 6.54 Å². The number of rotatable bonds is 5. The number of pyridine rings is 1. The average molecular weight is 338 g/mol. The van der Waals surface area contributed by atoms with Crippen LogP contribution in [0, 0.1) is 6.92 Å². The lowest BCUT2D eigenvalue weighted by atomic mass is 10.1. The summed E-state index contributed by atoms with van der Waals surface area (Å²) in [5.74, 6) is 0. The van der Waals surface area contributed by atoms with Crippen LogP contribution in [0.5, 0.6) is 0 Å². The van der Waals surface area contributed by atoms with Crippen LogP contribution in [0.1, 0.15) is 27.7 Å². The van der Waals surface area contributed by atoms with Crippen LogP contribution in [0.4, 0.5) is 4.79 Å². The highest BCUT2D eigenvalue weighted by Gasteiger charge is 2.18. The number of thiazole rings is 1. The summed E-state index contributed by atoms with van der Waals surface area (Å²) in [6, 6.07) is 11.3. The lowest BCUT2D eigenvalue weighted by molar-refractivity contribution is 0.238. The molecule has 1 aromatic carbocycles. The maximum atomic E-state index is 12.3. The predicted molar refractivity (Wildman–Crippen MR) is 94.7 cm³/mol. The fourth-order valence-electron chi connectivity index (χ4n) is 2.39. The summed E-state index contributed by atoms with van der Waals surface area (Å²) in [6.45, 7) is 2.41. The third kappa shape index (κ3) is 4.17. The smallest absolute Gasteiger partial charge is 0.315 e. The summed E-state index contributed by atoms with van der Waals surface area (Å²) in [6.07, 6.45) is 5.29. The van der Waals surface area contributed by atoms with Crippen molar-refractivity contribution in [2.24, 2.45) is 0 Å². The van der Waals surface area contributed by atoms with Gasteiger partial charge >= 0.3 is 6.03 Å². The molecule has 24 heavy (non-hydrogen) atoms. The SMILES string of the molecule is Cc1cncc(CNC(=O)NC(c2ccccc2)c2nccs2)c1. The van der Waals surface area contributed by atoms with E-state index in [0.29, 0.717) is 6.54 Å². The van der Waals surface area contributed by atoms with Gasteiger partial charge in [0.15, 0.2) is 0 Å². The zero-order valence-corrected chi connectivity index (χ0v) is 14.1. The number of aromatic nitrogens is 2. The van der Waals surface area contributed by atoms with Crippen molar-refractivity contribution in [1.29, 1.82) is 0 Å². The number of amides is 2. The first kappa shape index (κ1) is 16.1. The van der Waals surface area contributed by atoms with E-state index in [9.17, 15) is 4.79 Å². The van der Waals surface area contributed by atoms with Gasteiger partial charge in [0.2, 0.25) is 0 Å². The number of nitrogens with one attached hydrogen (secondary N) is 2. The lowest BCUT2D eigenvalue weighted by Crippen LogP contribution is -2.38. The third-order valence-electron chi connectivity index (χ3n) is 3.49. The molecule has 3 rings (SSSR count). The molecule has 0 fully saturated rings. The van der Waals surface area contributed by atoms with Gasteiger partial charge in [-0.3, -0.25) is 4.98 Å². The highest BCUT2D eigenvalue weighted by molar-refractivity contribution is 7.09. The quantitative estimate of drug-likeness (QED) is 0.749. The van der Waals surface area contributed by atoms with E-state index in [1.165, 1.54) is 11.3 Å². The lowest BCUT2D eigenvalue weighted by Gasteiger charge is -2.17. The second-order valence-corrected chi connectivity index (χ2v) is 6.34. The molecule has 122 valence electrons. The zero-order chi connectivity index (χ0) is 16.8. The first-order chi connectivity index (χ1) is 11.7. The molecule has 2 heterocycles. The number of hydrogen-bond donors (Lipinski definition) is 2. The summed E-state index contributed by atoms with van der Waals surface area (Å²) in [4.78, 5) is 20.8. The Morgan fingerprint density at radius 1 is 1.25 bits per heavy atom. The summed E-state index contributed by atoms with van der Waals surface area (Å²) >= 11 is 1.52. The van der Waals surface area contributed by atoms with Crippen LogP contribution < -0.4 is 10.6 Å². The van der Waals surface area contributed by atoms with Crippen molar-refractivity contribution in [1.82, 2.24) is 20.6 Å². The summed E-state index contributed by atoms with van der Waals surface area (Å²) in [5.41, 5.74) is 3.04. The van der Waals surface area contributed by atoms with Crippen molar-refractivity contribution in [3.63, 3.8) is 0 Å². The van der Waals surface area contributed by atoms with Crippen molar-refractivity contribution in [2.45, 2.75) is 19.5 Å².